The fourth-order valence-electron chi connectivity index (χ4n) is 0.710. The van der Waals surface area contributed by atoms with Crippen LogP contribution >= 0.6 is 0 Å². The molecule has 15 heavy (non-hydrogen) atoms. The topological polar surface area (TPSA) is 78.2 Å². The molecule has 0 aliphatic carbocycles. The molecule has 0 aliphatic heterocycles. The lowest BCUT2D eigenvalue weighted by Crippen LogP contribution is -1.96. The van der Waals surface area contributed by atoms with Gasteiger partial charge < -0.3 is 0 Å². The van der Waals surface area contributed by atoms with Gasteiger partial charge in [-0.1, -0.05) is 24.6 Å². The largest absolute Gasteiger partial charge is 0.294 e. The number of nitriles is 1. The van der Waals surface area contributed by atoms with Crippen LogP contribution in [0.2, 0.25) is 0 Å². The number of hydrogen-bond donors (Lipinski definition) is 1. The second-order valence-electron chi connectivity index (χ2n) is 2.80. The highest BCUT2D eigenvalue weighted by atomic mass is 32.2. The average molecular weight is 227 g/mol. The van der Waals surface area contributed by atoms with Crippen LogP contribution in [0.4, 0.5) is 0 Å². The van der Waals surface area contributed by atoms with E-state index < -0.39 is 10.1 Å². The van der Waals surface area contributed by atoms with Crippen molar-refractivity contribution in [2.75, 3.05) is 0 Å². The Balaban J connectivity index is 0.000000423. The second kappa shape index (κ2) is 6.17. The molecule has 0 spiro atoms. The molecule has 0 aliphatic rings. The zero-order chi connectivity index (χ0) is 11.9. The Bertz CT molecular complexity index is 429. The van der Waals surface area contributed by atoms with Gasteiger partial charge in [0.05, 0.1) is 11.0 Å². The highest BCUT2D eigenvalue weighted by Gasteiger charge is 2.06. The monoisotopic (exact) mass is 227 g/mol. The summed E-state index contributed by atoms with van der Waals surface area (Å²) in [5, 5.41) is 7.62. The van der Waals surface area contributed by atoms with E-state index in [0.717, 1.165) is 5.56 Å². The lowest BCUT2D eigenvalue weighted by molar-refractivity contribution is 0.483. The first kappa shape index (κ1) is 13.6. The minimum atomic E-state index is -4.02. The summed E-state index contributed by atoms with van der Waals surface area (Å²) in [4.78, 5) is -0.0666. The molecule has 0 saturated carbocycles. The first-order chi connectivity index (χ1) is 6.91. The Kier molecular flexibility index (Phi) is 5.60. The van der Waals surface area contributed by atoms with Crippen LogP contribution in [0.5, 0.6) is 0 Å². The van der Waals surface area contributed by atoms with Crippen LogP contribution in [-0.2, 0) is 10.1 Å². The van der Waals surface area contributed by atoms with Crippen LogP contribution < -0.4 is 0 Å². The van der Waals surface area contributed by atoms with Gasteiger partial charge in [-0.2, -0.15) is 13.7 Å². The van der Waals surface area contributed by atoms with Crippen LogP contribution in [0.15, 0.2) is 29.2 Å². The molecule has 0 radical (unpaired) electrons. The van der Waals surface area contributed by atoms with Crippen molar-refractivity contribution in [3.05, 3.63) is 29.8 Å². The third-order valence-electron chi connectivity index (χ3n) is 1.48. The van der Waals surface area contributed by atoms with Gasteiger partial charge in [-0.05, 0) is 19.1 Å². The Hall–Kier alpha value is -1.38. The molecule has 0 unspecified atom stereocenters. The van der Waals surface area contributed by atoms with Gasteiger partial charge in [-0.25, -0.2) is 0 Å². The minimum Gasteiger partial charge on any atom is -0.282 e. The van der Waals surface area contributed by atoms with Crippen molar-refractivity contribution >= 4 is 10.1 Å². The molecule has 0 saturated heterocycles. The van der Waals surface area contributed by atoms with Crippen LogP contribution in [0, 0.1) is 18.3 Å². The van der Waals surface area contributed by atoms with E-state index >= 15 is 0 Å². The van der Waals surface area contributed by atoms with E-state index in [1.54, 1.807) is 12.1 Å². The maximum atomic E-state index is 10.5. The normalized spacial score (nSPS) is 9.73. The fourth-order valence-corrected chi connectivity index (χ4v) is 1.19. The molecule has 0 fully saturated rings. The molecule has 0 atom stereocenters. The van der Waals surface area contributed by atoms with Crippen molar-refractivity contribution in [3.8, 4) is 6.07 Å². The highest BCUT2D eigenvalue weighted by molar-refractivity contribution is 7.85. The van der Waals surface area contributed by atoms with Gasteiger partial charge in [0.25, 0.3) is 10.1 Å². The number of nitrogens with zero attached hydrogens (tertiary/aromatic N) is 1. The number of aryl methyl sites for hydroxylation is 1. The summed E-state index contributed by atoms with van der Waals surface area (Å²) < 4.78 is 29.6. The highest BCUT2D eigenvalue weighted by Crippen LogP contribution is 2.08. The van der Waals surface area contributed by atoms with Crippen LogP contribution in [0.3, 0.4) is 0 Å². The van der Waals surface area contributed by atoms with E-state index in [2.05, 4.69) is 0 Å². The fraction of sp³-hybridized carbons (Fsp3) is 0.300. The molecule has 4 nitrogen and oxygen atoms in total. The molecule has 0 heterocycles. The van der Waals surface area contributed by atoms with Gasteiger partial charge in [0, 0.05) is 6.42 Å². The van der Waals surface area contributed by atoms with Crippen molar-refractivity contribution in [1.29, 1.82) is 5.26 Å². The molecular formula is C10H13NO3S. The summed E-state index contributed by atoms with van der Waals surface area (Å²) in [6.07, 6.45) is 0.625. The van der Waals surface area contributed by atoms with Gasteiger partial charge in [0.2, 0.25) is 0 Å². The van der Waals surface area contributed by atoms with E-state index in [9.17, 15) is 8.42 Å². The zero-order valence-electron chi connectivity index (χ0n) is 8.64. The standard InChI is InChI=1S/C7H8O3S.C3H5N/c1-6-2-4-7(5-3-6)11(8,9)10;1-2-3-4/h2-5H,1H3,(H,8,9,10);2H2,1H3. The van der Waals surface area contributed by atoms with E-state index in [1.165, 1.54) is 12.1 Å². The van der Waals surface area contributed by atoms with Crippen LogP contribution in [0.25, 0.3) is 0 Å². The minimum absolute atomic E-state index is 0.0666. The predicted octanol–water partition coefficient (Wildman–Crippen LogP) is 2.16. The van der Waals surface area contributed by atoms with Crippen LogP contribution in [0.1, 0.15) is 18.9 Å². The average Bonchev–Trinajstić information content (AvgIpc) is 2.17. The molecule has 1 aromatic carbocycles. The van der Waals surface area contributed by atoms with E-state index in [-0.39, 0.29) is 4.90 Å². The first-order valence-corrected chi connectivity index (χ1v) is 5.77. The summed E-state index contributed by atoms with van der Waals surface area (Å²) in [7, 11) is -4.02. The molecule has 0 bridgehead atoms. The lowest BCUT2D eigenvalue weighted by Gasteiger charge is -1.95. The molecule has 1 aromatic rings. The Morgan fingerprint density at radius 2 is 1.73 bits per heavy atom. The van der Waals surface area contributed by atoms with E-state index in [4.69, 9.17) is 9.81 Å². The third-order valence-corrected chi connectivity index (χ3v) is 2.34. The van der Waals surface area contributed by atoms with Crippen molar-refractivity contribution in [1.82, 2.24) is 0 Å². The van der Waals surface area contributed by atoms with E-state index in [0.29, 0.717) is 6.42 Å². The molecule has 0 amide bonds. The Morgan fingerprint density at radius 1 is 1.33 bits per heavy atom. The summed E-state index contributed by atoms with van der Waals surface area (Å²) in [5.41, 5.74) is 0.956. The molecule has 82 valence electrons. The Labute approximate surface area is 89.9 Å². The van der Waals surface area contributed by atoms with Gasteiger partial charge in [-0.3, -0.25) is 4.55 Å². The summed E-state index contributed by atoms with van der Waals surface area (Å²) in [6, 6.07) is 7.92. The predicted molar refractivity (Wildman–Crippen MR) is 56.9 cm³/mol. The quantitative estimate of drug-likeness (QED) is 0.746. The summed E-state index contributed by atoms with van der Waals surface area (Å²) in [6.45, 7) is 3.66. The first-order valence-electron chi connectivity index (χ1n) is 4.33. The molecule has 5 heteroatoms. The zero-order valence-corrected chi connectivity index (χ0v) is 9.45. The maximum Gasteiger partial charge on any atom is 0.294 e. The van der Waals surface area contributed by atoms with Crippen molar-refractivity contribution < 1.29 is 13.0 Å². The third kappa shape index (κ3) is 5.83. The van der Waals surface area contributed by atoms with Gasteiger partial charge >= 0.3 is 0 Å². The van der Waals surface area contributed by atoms with Crippen molar-refractivity contribution in [2.24, 2.45) is 0 Å². The van der Waals surface area contributed by atoms with Gasteiger partial charge in [0.15, 0.2) is 0 Å². The number of rotatable bonds is 1. The summed E-state index contributed by atoms with van der Waals surface area (Å²) in [5.74, 6) is 0. The molecule has 1 N–H and O–H groups in total. The number of benzene rings is 1. The van der Waals surface area contributed by atoms with Crippen molar-refractivity contribution in [2.45, 2.75) is 25.2 Å². The second-order valence-corrected chi connectivity index (χ2v) is 4.22. The van der Waals surface area contributed by atoms with Gasteiger partial charge in [-0.15, -0.1) is 0 Å². The maximum absolute atomic E-state index is 10.5. The Morgan fingerprint density at radius 3 is 2.00 bits per heavy atom. The molecular weight excluding hydrogens is 214 g/mol. The van der Waals surface area contributed by atoms with Crippen molar-refractivity contribution in [3.63, 3.8) is 0 Å². The van der Waals surface area contributed by atoms with Crippen LogP contribution in [-0.4, -0.2) is 13.0 Å². The number of hydrogen-bond acceptors (Lipinski definition) is 3. The lowest BCUT2D eigenvalue weighted by atomic mass is 10.2. The smallest absolute Gasteiger partial charge is 0.282 e. The van der Waals surface area contributed by atoms with E-state index in [1.807, 2.05) is 19.9 Å². The SMILES string of the molecule is CCC#N.Cc1ccc(S(=O)(=O)O)cc1. The molecule has 1 rings (SSSR count). The van der Waals surface area contributed by atoms with Gasteiger partial charge in [0.1, 0.15) is 0 Å². The summed E-state index contributed by atoms with van der Waals surface area (Å²) >= 11 is 0. The molecule has 0 aromatic heterocycles.